The monoisotopic (exact) mass is 232 g/mol. The molecule has 0 rings (SSSR count). The summed E-state index contributed by atoms with van der Waals surface area (Å²) in [7, 11) is 0. The van der Waals surface area contributed by atoms with Gasteiger partial charge in [-0.2, -0.15) is 0 Å². The molecule has 0 bridgehead atoms. The van der Waals surface area contributed by atoms with Crippen LogP contribution < -0.4 is 11.1 Å². The van der Waals surface area contributed by atoms with Gasteiger partial charge in [0.2, 0.25) is 5.91 Å². The van der Waals surface area contributed by atoms with Crippen LogP contribution in [0, 0.1) is 5.92 Å². The molecule has 0 aromatic heterocycles. The highest BCUT2D eigenvalue weighted by molar-refractivity contribution is 8.00. The Morgan fingerprint density at radius 3 is 2.53 bits per heavy atom. The van der Waals surface area contributed by atoms with Crippen LogP contribution in [0.5, 0.6) is 0 Å². The fraction of sp³-hybridized carbons (Fsp3) is 0.909. The molecule has 4 heteroatoms. The first-order valence-electron chi connectivity index (χ1n) is 5.64. The van der Waals surface area contributed by atoms with Crippen molar-refractivity contribution >= 4 is 17.7 Å². The van der Waals surface area contributed by atoms with E-state index in [1.165, 1.54) is 0 Å². The third-order valence-electron chi connectivity index (χ3n) is 2.12. The van der Waals surface area contributed by atoms with E-state index in [1.54, 1.807) is 11.8 Å². The molecule has 0 aliphatic rings. The number of hydrogen-bond donors (Lipinski definition) is 2. The molecule has 0 radical (unpaired) electrons. The van der Waals surface area contributed by atoms with E-state index in [-0.39, 0.29) is 5.91 Å². The van der Waals surface area contributed by atoms with Crippen LogP contribution in [-0.2, 0) is 4.79 Å². The average molecular weight is 232 g/mol. The second-order valence-corrected chi connectivity index (χ2v) is 5.66. The molecule has 0 fully saturated rings. The van der Waals surface area contributed by atoms with Gasteiger partial charge in [-0.3, -0.25) is 4.79 Å². The maximum absolute atomic E-state index is 11.4. The first-order chi connectivity index (χ1) is 7.06. The van der Waals surface area contributed by atoms with Gasteiger partial charge in [0.25, 0.3) is 0 Å². The van der Waals surface area contributed by atoms with E-state index in [0.29, 0.717) is 23.5 Å². The zero-order chi connectivity index (χ0) is 11.7. The summed E-state index contributed by atoms with van der Waals surface area (Å²) in [5, 5.41) is 3.40. The Bertz CT molecular complexity index is 174. The Morgan fingerprint density at radius 1 is 1.33 bits per heavy atom. The molecule has 3 N–H and O–H groups in total. The quantitative estimate of drug-likeness (QED) is 0.668. The van der Waals surface area contributed by atoms with Gasteiger partial charge < -0.3 is 11.1 Å². The molecule has 90 valence electrons. The van der Waals surface area contributed by atoms with Crippen LogP contribution in [-0.4, -0.2) is 30.0 Å². The van der Waals surface area contributed by atoms with Crippen LogP contribution in [0.3, 0.4) is 0 Å². The van der Waals surface area contributed by atoms with Gasteiger partial charge in [-0.15, -0.1) is 11.8 Å². The molecule has 0 heterocycles. The number of carbonyl (C=O) groups is 1. The number of thioether (sulfide) groups is 1. The van der Waals surface area contributed by atoms with Crippen molar-refractivity contribution in [3.05, 3.63) is 0 Å². The van der Waals surface area contributed by atoms with Crippen molar-refractivity contribution in [2.45, 2.75) is 38.9 Å². The zero-order valence-electron chi connectivity index (χ0n) is 10.1. The van der Waals surface area contributed by atoms with Crippen molar-refractivity contribution in [3.8, 4) is 0 Å². The summed E-state index contributed by atoms with van der Waals surface area (Å²) in [6.45, 7) is 7.92. The summed E-state index contributed by atoms with van der Waals surface area (Å²) in [5.74, 6) is 1.35. The molecular weight excluding hydrogens is 208 g/mol. The largest absolute Gasteiger partial charge is 0.355 e. The Balaban J connectivity index is 3.40. The number of rotatable bonds is 8. The predicted octanol–water partition coefficient (Wildman–Crippen LogP) is 1.62. The van der Waals surface area contributed by atoms with Gasteiger partial charge in [-0.1, -0.05) is 20.8 Å². The van der Waals surface area contributed by atoms with Crippen molar-refractivity contribution < 1.29 is 4.79 Å². The van der Waals surface area contributed by atoms with Crippen LogP contribution in [0.4, 0.5) is 0 Å². The van der Waals surface area contributed by atoms with Crippen molar-refractivity contribution in [1.82, 2.24) is 5.32 Å². The standard InChI is InChI=1S/C11H24N2OS/c1-9(2)5-7-13-11(14)8-15-10(3)4-6-12/h9-10H,4-8,12H2,1-3H3,(H,13,14). The van der Waals surface area contributed by atoms with Crippen molar-refractivity contribution in [3.63, 3.8) is 0 Å². The molecule has 0 aliphatic heterocycles. The minimum Gasteiger partial charge on any atom is -0.355 e. The maximum Gasteiger partial charge on any atom is 0.230 e. The van der Waals surface area contributed by atoms with Crippen molar-refractivity contribution in [2.24, 2.45) is 11.7 Å². The minimum absolute atomic E-state index is 0.143. The molecule has 1 amide bonds. The van der Waals surface area contributed by atoms with Gasteiger partial charge in [-0.25, -0.2) is 0 Å². The van der Waals surface area contributed by atoms with Gasteiger partial charge >= 0.3 is 0 Å². The molecule has 1 unspecified atom stereocenters. The lowest BCUT2D eigenvalue weighted by atomic mass is 10.1. The SMILES string of the molecule is CC(C)CCNC(=O)CSC(C)CCN. The first kappa shape index (κ1) is 14.8. The van der Waals surface area contributed by atoms with Gasteiger partial charge in [0.15, 0.2) is 0 Å². The molecule has 0 saturated heterocycles. The Kier molecular flexibility index (Phi) is 8.91. The van der Waals surface area contributed by atoms with Crippen LogP contribution in [0.1, 0.15) is 33.6 Å². The first-order valence-corrected chi connectivity index (χ1v) is 6.69. The third-order valence-corrected chi connectivity index (χ3v) is 3.35. The molecule has 0 aromatic rings. The second-order valence-electron chi connectivity index (χ2n) is 4.23. The molecule has 0 saturated carbocycles. The summed E-state index contributed by atoms with van der Waals surface area (Å²) >= 11 is 1.68. The molecule has 3 nitrogen and oxygen atoms in total. The Morgan fingerprint density at radius 2 is 2.00 bits per heavy atom. The fourth-order valence-electron chi connectivity index (χ4n) is 1.09. The number of nitrogens with one attached hydrogen (secondary N) is 1. The lowest BCUT2D eigenvalue weighted by Gasteiger charge is -2.10. The van der Waals surface area contributed by atoms with E-state index in [4.69, 9.17) is 5.73 Å². The second kappa shape index (κ2) is 9.04. The normalized spacial score (nSPS) is 12.9. The van der Waals surface area contributed by atoms with E-state index in [0.717, 1.165) is 19.4 Å². The molecule has 15 heavy (non-hydrogen) atoms. The zero-order valence-corrected chi connectivity index (χ0v) is 10.9. The van der Waals surface area contributed by atoms with Crippen molar-refractivity contribution in [2.75, 3.05) is 18.8 Å². The van der Waals surface area contributed by atoms with E-state index in [2.05, 4.69) is 26.1 Å². The number of nitrogens with two attached hydrogens (primary N) is 1. The third kappa shape index (κ3) is 10.1. The molecular formula is C11H24N2OS. The van der Waals surface area contributed by atoms with Crippen molar-refractivity contribution in [1.29, 1.82) is 0 Å². The van der Waals surface area contributed by atoms with E-state index >= 15 is 0 Å². The molecule has 1 atom stereocenters. The molecule has 0 spiro atoms. The fourth-order valence-corrected chi connectivity index (χ4v) is 1.93. The lowest BCUT2D eigenvalue weighted by molar-refractivity contribution is -0.118. The van der Waals surface area contributed by atoms with Gasteiger partial charge in [0.05, 0.1) is 5.75 Å². The topological polar surface area (TPSA) is 55.1 Å². The Hall–Kier alpha value is -0.220. The van der Waals surface area contributed by atoms with Gasteiger partial charge in [-0.05, 0) is 25.3 Å². The number of amides is 1. The van der Waals surface area contributed by atoms with E-state index in [1.807, 2.05) is 0 Å². The van der Waals surface area contributed by atoms with Gasteiger partial charge in [0, 0.05) is 11.8 Å². The lowest BCUT2D eigenvalue weighted by Crippen LogP contribution is -2.27. The van der Waals surface area contributed by atoms with Crippen LogP contribution in [0.25, 0.3) is 0 Å². The summed E-state index contributed by atoms with van der Waals surface area (Å²) in [5.41, 5.74) is 5.44. The van der Waals surface area contributed by atoms with Crippen LogP contribution in [0.15, 0.2) is 0 Å². The highest BCUT2D eigenvalue weighted by Crippen LogP contribution is 2.12. The van der Waals surface area contributed by atoms with E-state index in [9.17, 15) is 4.79 Å². The summed E-state index contributed by atoms with van der Waals surface area (Å²) in [6.07, 6.45) is 2.03. The van der Waals surface area contributed by atoms with Gasteiger partial charge in [0.1, 0.15) is 0 Å². The minimum atomic E-state index is 0.143. The van der Waals surface area contributed by atoms with E-state index < -0.39 is 0 Å². The average Bonchev–Trinajstić information content (AvgIpc) is 2.14. The van der Waals surface area contributed by atoms with Crippen LogP contribution >= 0.6 is 11.8 Å². The molecule has 0 aromatic carbocycles. The maximum atomic E-state index is 11.4. The summed E-state index contributed by atoms with van der Waals surface area (Å²) in [6, 6.07) is 0. The summed E-state index contributed by atoms with van der Waals surface area (Å²) in [4.78, 5) is 11.4. The smallest absolute Gasteiger partial charge is 0.230 e. The predicted molar refractivity (Wildman–Crippen MR) is 68.1 cm³/mol. The highest BCUT2D eigenvalue weighted by atomic mass is 32.2. The summed E-state index contributed by atoms with van der Waals surface area (Å²) < 4.78 is 0. The number of hydrogen-bond acceptors (Lipinski definition) is 3. The highest BCUT2D eigenvalue weighted by Gasteiger charge is 2.06. The molecule has 0 aliphatic carbocycles. The Labute approximate surface area is 97.6 Å². The number of carbonyl (C=O) groups excluding carboxylic acids is 1. The van der Waals surface area contributed by atoms with Crippen LogP contribution in [0.2, 0.25) is 0 Å².